The van der Waals surface area contributed by atoms with E-state index in [4.69, 9.17) is 0 Å². The first-order chi connectivity index (χ1) is 14.0. The van der Waals surface area contributed by atoms with Crippen LogP contribution in [0.3, 0.4) is 0 Å². The molecule has 3 aromatic heterocycles. The standard InChI is InChI=1S/C18H15F2N5O2S2/c1-2-6-24-16(27)15-13(5-7-28-15)25-17(24)22-23-18(25)29-9-14(26)21-12-8-10(19)3-4-11(12)20/h3-5,7-8H,2,6,9H2,1H3,(H,21,26). The van der Waals surface area contributed by atoms with Gasteiger partial charge in [-0.1, -0.05) is 18.7 Å². The number of hydrogen-bond donors (Lipinski definition) is 1. The number of halogens is 2. The predicted molar refractivity (Wildman–Crippen MR) is 109 cm³/mol. The number of nitrogens with one attached hydrogen (secondary N) is 1. The minimum Gasteiger partial charge on any atom is -0.323 e. The molecule has 150 valence electrons. The molecule has 7 nitrogen and oxygen atoms in total. The van der Waals surface area contributed by atoms with E-state index < -0.39 is 17.5 Å². The molecule has 0 fully saturated rings. The number of hydrogen-bond acceptors (Lipinski definition) is 6. The van der Waals surface area contributed by atoms with E-state index in [2.05, 4.69) is 15.5 Å². The SMILES string of the molecule is CCCn1c(=O)c2sccc2n2c(SCC(=O)Nc3cc(F)ccc3F)nnc12. The van der Waals surface area contributed by atoms with Crippen molar-refractivity contribution in [2.75, 3.05) is 11.1 Å². The van der Waals surface area contributed by atoms with Gasteiger partial charge in [0.2, 0.25) is 11.7 Å². The zero-order chi connectivity index (χ0) is 20.5. The van der Waals surface area contributed by atoms with Gasteiger partial charge in [-0.15, -0.1) is 21.5 Å². The number of aryl methyl sites for hydroxylation is 1. The average molecular weight is 435 g/mol. The molecule has 0 bridgehead atoms. The Hall–Kier alpha value is -2.79. The molecule has 0 spiro atoms. The maximum absolute atomic E-state index is 13.7. The summed E-state index contributed by atoms with van der Waals surface area (Å²) in [5, 5.41) is 12.9. The highest BCUT2D eigenvalue weighted by Gasteiger charge is 2.18. The van der Waals surface area contributed by atoms with Crippen LogP contribution in [0.5, 0.6) is 0 Å². The summed E-state index contributed by atoms with van der Waals surface area (Å²) in [6, 6.07) is 4.65. The van der Waals surface area contributed by atoms with E-state index in [1.165, 1.54) is 11.3 Å². The molecular weight excluding hydrogens is 420 g/mol. The summed E-state index contributed by atoms with van der Waals surface area (Å²) < 4.78 is 30.8. The number of amides is 1. The summed E-state index contributed by atoms with van der Waals surface area (Å²) >= 11 is 2.43. The third-order valence-corrected chi connectivity index (χ3v) is 5.99. The molecule has 4 aromatic rings. The minimum atomic E-state index is -0.721. The van der Waals surface area contributed by atoms with Crippen molar-refractivity contribution in [1.82, 2.24) is 19.2 Å². The molecule has 0 saturated heterocycles. The van der Waals surface area contributed by atoms with Gasteiger partial charge in [-0.2, -0.15) is 0 Å². The number of thiophene rings is 1. The van der Waals surface area contributed by atoms with Crippen molar-refractivity contribution in [3.63, 3.8) is 0 Å². The largest absolute Gasteiger partial charge is 0.323 e. The summed E-state index contributed by atoms with van der Waals surface area (Å²) in [5.74, 6) is -1.57. The molecule has 0 radical (unpaired) electrons. The number of carbonyl (C=O) groups excluding carboxylic acids is 1. The van der Waals surface area contributed by atoms with Gasteiger partial charge in [0.15, 0.2) is 5.16 Å². The van der Waals surface area contributed by atoms with E-state index in [9.17, 15) is 18.4 Å². The second-order valence-corrected chi connectivity index (χ2v) is 8.03. The molecule has 0 unspecified atom stereocenters. The lowest BCUT2D eigenvalue weighted by Crippen LogP contribution is -2.22. The highest BCUT2D eigenvalue weighted by molar-refractivity contribution is 7.99. The number of carbonyl (C=O) groups is 1. The molecule has 29 heavy (non-hydrogen) atoms. The molecule has 0 aliphatic heterocycles. The van der Waals surface area contributed by atoms with E-state index in [0.29, 0.717) is 27.7 Å². The van der Waals surface area contributed by atoms with E-state index in [1.807, 2.05) is 12.3 Å². The zero-order valence-corrected chi connectivity index (χ0v) is 16.8. The van der Waals surface area contributed by atoms with E-state index in [0.717, 1.165) is 36.4 Å². The number of rotatable bonds is 6. The van der Waals surface area contributed by atoms with Crippen LogP contribution in [0.1, 0.15) is 13.3 Å². The predicted octanol–water partition coefficient (Wildman–Crippen LogP) is 3.52. The Morgan fingerprint density at radius 2 is 2.10 bits per heavy atom. The van der Waals surface area contributed by atoms with Crippen molar-refractivity contribution < 1.29 is 13.6 Å². The Morgan fingerprint density at radius 3 is 2.90 bits per heavy atom. The van der Waals surface area contributed by atoms with E-state index >= 15 is 0 Å². The van der Waals surface area contributed by atoms with Crippen LogP contribution in [0.2, 0.25) is 0 Å². The number of nitrogens with zero attached hydrogens (tertiary/aromatic N) is 4. The maximum atomic E-state index is 13.7. The Balaban J connectivity index is 1.63. The summed E-state index contributed by atoms with van der Waals surface area (Å²) in [7, 11) is 0. The van der Waals surface area contributed by atoms with Crippen LogP contribution in [0, 0.1) is 11.6 Å². The fourth-order valence-corrected chi connectivity index (χ4v) is 4.49. The van der Waals surface area contributed by atoms with Gasteiger partial charge in [0.1, 0.15) is 16.3 Å². The highest BCUT2D eigenvalue weighted by atomic mass is 32.2. The summed E-state index contributed by atoms with van der Waals surface area (Å²) in [6.07, 6.45) is 0.753. The zero-order valence-electron chi connectivity index (χ0n) is 15.2. The Morgan fingerprint density at radius 1 is 1.28 bits per heavy atom. The fraction of sp³-hybridized carbons (Fsp3) is 0.222. The van der Waals surface area contributed by atoms with Crippen molar-refractivity contribution in [2.45, 2.75) is 25.0 Å². The minimum absolute atomic E-state index is 0.0880. The monoisotopic (exact) mass is 435 g/mol. The first-order valence-corrected chi connectivity index (χ1v) is 10.6. The third-order valence-electron chi connectivity index (χ3n) is 4.16. The molecule has 0 saturated carbocycles. The molecule has 1 N–H and O–H groups in total. The molecule has 1 amide bonds. The normalized spacial score (nSPS) is 11.4. The molecular formula is C18H15F2N5O2S2. The van der Waals surface area contributed by atoms with Gasteiger partial charge in [0.25, 0.3) is 5.56 Å². The molecule has 4 rings (SSSR count). The van der Waals surface area contributed by atoms with Gasteiger partial charge < -0.3 is 5.32 Å². The quantitative estimate of drug-likeness (QED) is 0.469. The topological polar surface area (TPSA) is 81.3 Å². The number of benzene rings is 1. The van der Waals surface area contributed by atoms with Crippen LogP contribution in [0.4, 0.5) is 14.5 Å². The van der Waals surface area contributed by atoms with Gasteiger partial charge in [-0.3, -0.25) is 18.6 Å². The number of anilines is 1. The van der Waals surface area contributed by atoms with Crippen LogP contribution in [0.25, 0.3) is 16.0 Å². The van der Waals surface area contributed by atoms with Gasteiger partial charge in [0, 0.05) is 12.6 Å². The van der Waals surface area contributed by atoms with Crippen molar-refractivity contribution in [1.29, 1.82) is 0 Å². The molecule has 0 atom stereocenters. The van der Waals surface area contributed by atoms with E-state index in [1.54, 1.807) is 15.0 Å². The van der Waals surface area contributed by atoms with Crippen molar-refractivity contribution >= 4 is 50.7 Å². The van der Waals surface area contributed by atoms with Gasteiger partial charge in [0.05, 0.1) is 17.0 Å². The first kappa shape index (κ1) is 19.5. The maximum Gasteiger partial charge on any atom is 0.272 e. The van der Waals surface area contributed by atoms with Crippen LogP contribution in [0.15, 0.2) is 39.6 Å². The fourth-order valence-electron chi connectivity index (χ4n) is 2.93. The van der Waals surface area contributed by atoms with Crippen LogP contribution >= 0.6 is 23.1 Å². The van der Waals surface area contributed by atoms with Crippen molar-refractivity contribution in [3.8, 4) is 0 Å². The summed E-state index contributed by atoms with van der Waals surface area (Å²) in [5.41, 5.74) is 0.331. The van der Waals surface area contributed by atoms with E-state index in [-0.39, 0.29) is 17.0 Å². The molecule has 0 aliphatic rings. The lowest BCUT2D eigenvalue weighted by molar-refractivity contribution is -0.113. The third kappa shape index (κ3) is 3.62. The van der Waals surface area contributed by atoms with Crippen LogP contribution in [-0.4, -0.2) is 30.8 Å². The second kappa shape index (κ2) is 7.91. The van der Waals surface area contributed by atoms with Crippen molar-refractivity contribution in [2.24, 2.45) is 0 Å². The molecule has 11 heteroatoms. The summed E-state index contributed by atoms with van der Waals surface area (Å²) in [6.45, 7) is 2.46. The highest BCUT2D eigenvalue weighted by Crippen LogP contribution is 2.25. The lowest BCUT2D eigenvalue weighted by atomic mass is 10.3. The Kier molecular flexibility index (Phi) is 5.33. The smallest absolute Gasteiger partial charge is 0.272 e. The summed E-state index contributed by atoms with van der Waals surface area (Å²) in [4.78, 5) is 24.9. The molecule has 1 aromatic carbocycles. The number of fused-ring (bicyclic) bond motifs is 3. The Labute approximate surface area is 171 Å². The molecule has 0 aliphatic carbocycles. The van der Waals surface area contributed by atoms with Gasteiger partial charge in [-0.05, 0) is 30.0 Å². The number of aromatic nitrogens is 4. The van der Waals surface area contributed by atoms with Gasteiger partial charge >= 0.3 is 0 Å². The number of thioether (sulfide) groups is 1. The average Bonchev–Trinajstić information content (AvgIpc) is 3.33. The first-order valence-electron chi connectivity index (χ1n) is 8.72. The van der Waals surface area contributed by atoms with Gasteiger partial charge in [-0.25, -0.2) is 8.78 Å². The van der Waals surface area contributed by atoms with Crippen LogP contribution in [-0.2, 0) is 11.3 Å². The van der Waals surface area contributed by atoms with Crippen LogP contribution < -0.4 is 10.9 Å². The molecule has 3 heterocycles. The Bertz CT molecular complexity index is 1280. The second-order valence-electron chi connectivity index (χ2n) is 6.17. The van der Waals surface area contributed by atoms with Crippen molar-refractivity contribution in [3.05, 3.63) is 51.6 Å². The lowest BCUT2D eigenvalue weighted by Gasteiger charge is -2.08.